The van der Waals surface area contributed by atoms with Crippen LogP contribution in [0.2, 0.25) is 0 Å². The van der Waals surface area contributed by atoms with E-state index in [2.05, 4.69) is 16.0 Å². The lowest BCUT2D eigenvalue weighted by molar-refractivity contribution is -0.132. The van der Waals surface area contributed by atoms with Gasteiger partial charge >= 0.3 is 6.18 Å². The molecule has 0 amide bonds. The highest BCUT2D eigenvalue weighted by Crippen LogP contribution is 2.27. The summed E-state index contributed by atoms with van der Waals surface area (Å²) in [6, 6.07) is 0. The maximum atomic E-state index is 12.3. The summed E-state index contributed by atoms with van der Waals surface area (Å²) in [5.41, 5.74) is 2.14. The van der Waals surface area contributed by atoms with Crippen LogP contribution in [-0.4, -0.2) is 36.9 Å². The van der Waals surface area contributed by atoms with Crippen molar-refractivity contribution >= 4 is 6.21 Å². The molecule has 0 radical (unpaired) electrons. The smallest absolute Gasteiger partial charge is 0.303 e. The number of halogens is 3. The molecule has 0 N–H and O–H groups in total. The number of rotatable bonds is 7. The van der Waals surface area contributed by atoms with Gasteiger partial charge in [-0.2, -0.15) is 13.2 Å². The minimum absolute atomic E-state index is 0.0402. The maximum absolute atomic E-state index is 12.3. The summed E-state index contributed by atoms with van der Waals surface area (Å²) in [6.07, 6.45) is 10.5. The number of hydrogen-bond donors (Lipinski definition) is 0. The molecule has 1 aliphatic heterocycles. The molecule has 0 bridgehead atoms. The number of allylic oxidation sites excluding steroid dienone is 2. The Hall–Kier alpha value is -1.10. The lowest BCUT2D eigenvalue weighted by atomic mass is 9.87. The van der Waals surface area contributed by atoms with Gasteiger partial charge in [0.2, 0.25) is 0 Å². The molecule has 0 spiro atoms. The molecule has 148 valence electrons. The van der Waals surface area contributed by atoms with Gasteiger partial charge in [-0.3, -0.25) is 4.99 Å². The molecular weight excluding hydrogens is 337 g/mol. The average molecular weight is 371 g/mol. The van der Waals surface area contributed by atoms with Crippen molar-refractivity contribution in [1.82, 2.24) is 4.90 Å². The topological polar surface area (TPSA) is 15.6 Å². The average Bonchev–Trinajstić information content (AvgIpc) is 2.80. The standard InChI is InChI=1S/C21H33F3N2/c1-2-7-19-11-16-26(15-10-18-8-4-3-5-9-18)17-12-20(19)25-14-6-13-21(22,23)24/h2,7,14,18H,3-6,8-13,15-17H2,1H3/b7-2-,25-14+. The zero-order valence-corrected chi connectivity index (χ0v) is 16.0. The second kappa shape index (κ2) is 10.9. The van der Waals surface area contributed by atoms with Crippen LogP contribution in [0, 0.1) is 5.92 Å². The molecular formula is C21H33F3N2. The van der Waals surface area contributed by atoms with Crippen LogP contribution in [0.5, 0.6) is 0 Å². The lowest BCUT2D eigenvalue weighted by Gasteiger charge is -2.26. The fourth-order valence-corrected chi connectivity index (χ4v) is 3.95. The van der Waals surface area contributed by atoms with Crippen molar-refractivity contribution in [2.75, 3.05) is 19.6 Å². The molecule has 1 fully saturated rings. The Balaban J connectivity index is 1.85. The zero-order chi connectivity index (χ0) is 18.8. The van der Waals surface area contributed by atoms with Crippen LogP contribution in [0.3, 0.4) is 0 Å². The fourth-order valence-electron chi connectivity index (χ4n) is 3.95. The summed E-state index contributed by atoms with van der Waals surface area (Å²) in [5.74, 6) is 0.884. The Bertz CT molecular complexity index is 500. The van der Waals surface area contributed by atoms with Gasteiger partial charge in [0.05, 0.1) is 0 Å². The molecule has 1 heterocycles. The first-order valence-electron chi connectivity index (χ1n) is 10.1. The molecule has 0 aromatic carbocycles. The van der Waals surface area contributed by atoms with Crippen molar-refractivity contribution in [1.29, 1.82) is 0 Å². The monoisotopic (exact) mass is 370 g/mol. The molecule has 2 aliphatic rings. The van der Waals surface area contributed by atoms with Crippen LogP contribution in [0.15, 0.2) is 28.4 Å². The number of hydrogen-bond acceptors (Lipinski definition) is 2. The van der Waals surface area contributed by atoms with Crippen LogP contribution in [0.4, 0.5) is 13.2 Å². The molecule has 5 heteroatoms. The summed E-state index contributed by atoms with van der Waals surface area (Å²) < 4.78 is 36.8. The summed E-state index contributed by atoms with van der Waals surface area (Å²) in [6.45, 7) is 5.09. The third-order valence-electron chi connectivity index (χ3n) is 5.48. The van der Waals surface area contributed by atoms with Crippen LogP contribution >= 0.6 is 0 Å². The number of aliphatic imine (C=N–C) groups is 1. The van der Waals surface area contributed by atoms with Gasteiger partial charge in [-0.1, -0.05) is 44.3 Å². The van der Waals surface area contributed by atoms with Crippen LogP contribution in [-0.2, 0) is 0 Å². The molecule has 0 saturated heterocycles. The van der Waals surface area contributed by atoms with E-state index in [0.29, 0.717) is 0 Å². The first-order valence-corrected chi connectivity index (χ1v) is 10.1. The highest BCUT2D eigenvalue weighted by molar-refractivity contribution is 5.59. The highest BCUT2D eigenvalue weighted by Gasteiger charge is 2.25. The number of nitrogens with zero attached hydrogens (tertiary/aromatic N) is 2. The SMILES string of the molecule is C/C=C\C1=C(/N=C/CCC(F)(F)F)CCN(CCC2CCCCC2)CC1. The molecule has 2 rings (SSSR count). The van der Waals surface area contributed by atoms with Crippen molar-refractivity contribution in [3.63, 3.8) is 0 Å². The van der Waals surface area contributed by atoms with Crippen LogP contribution in [0.1, 0.15) is 71.1 Å². The van der Waals surface area contributed by atoms with E-state index in [1.165, 1.54) is 50.3 Å². The largest absolute Gasteiger partial charge is 0.389 e. The van der Waals surface area contributed by atoms with Crippen molar-refractivity contribution in [3.05, 3.63) is 23.4 Å². The first-order chi connectivity index (χ1) is 12.5. The van der Waals surface area contributed by atoms with Gasteiger partial charge in [-0.05, 0) is 44.2 Å². The van der Waals surface area contributed by atoms with E-state index < -0.39 is 12.6 Å². The molecule has 2 nitrogen and oxygen atoms in total. The van der Waals surface area contributed by atoms with E-state index in [1.54, 1.807) is 0 Å². The van der Waals surface area contributed by atoms with E-state index in [9.17, 15) is 13.2 Å². The minimum Gasteiger partial charge on any atom is -0.303 e. The van der Waals surface area contributed by atoms with Gasteiger partial charge < -0.3 is 4.90 Å². The van der Waals surface area contributed by atoms with E-state index in [0.717, 1.165) is 44.1 Å². The summed E-state index contributed by atoms with van der Waals surface area (Å²) in [4.78, 5) is 6.92. The van der Waals surface area contributed by atoms with Gasteiger partial charge in [0.25, 0.3) is 0 Å². The Morgan fingerprint density at radius 3 is 2.54 bits per heavy atom. The molecule has 0 aromatic heterocycles. The van der Waals surface area contributed by atoms with E-state index in [1.807, 2.05) is 13.0 Å². The van der Waals surface area contributed by atoms with Crippen LogP contribution in [0.25, 0.3) is 0 Å². The van der Waals surface area contributed by atoms with Gasteiger partial charge in [0, 0.05) is 37.8 Å². The van der Waals surface area contributed by atoms with Crippen molar-refractivity contribution in [3.8, 4) is 0 Å². The Labute approximate surface area is 156 Å². The van der Waals surface area contributed by atoms with Gasteiger partial charge in [0.15, 0.2) is 0 Å². The normalized spacial score (nSPS) is 21.8. The van der Waals surface area contributed by atoms with E-state index in [-0.39, 0.29) is 6.42 Å². The predicted octanol–water partition coefficient (Wildman–Crippen LogP) is 6.30. The lowest BCUT2D eigenvalue weighted by Crippen LogP contribution is -2.28. The van der Waals surface area contributed by atoms with Crippen LogP contribution < -0.4 is 0 Å². The summed E-state index contributed by atoms with van der Waals surface area (Å²) in [5, 5.41) is 0. The third-order valence-corrected chi connectivity index (χ3v) is 5.48. The second-order valence-corrected chi connectivity index (χ2v) is 7.57. The molecule has 0 unspecified atom stereocenters. The third kappa shape index (κ3) is 8.07. The van der Waals surface area contributed by atoms with Crippen molar-refractivity contribution in [2.45, 2.75) is 77.3 Å². The molecule has 1 saturated carbocycles. The van der Waals surface area contributed by atoms with E-state index in [4.69, 9.17) is 0 Å². The minimum atomic E-state index is -4.11. The number of alkyl halides is 3. The molecule has 0 atom stereocenters. The Morgan fingerprint density at radius 2 is 1.85 bits per heavy atom. The highest BCUT2D eigenvalue weighted by atomic mass is 19.4. The zero-order valence-electron chi connectivity index (χ0n) is 16.0. The maximum Gasteiger partial charge on any atom is 0.389 e. The van der Waals surface area contributed by atoms with Crippen molar-refractivity contribution < 1.29 is 13.2 Å². The second-order valence-electron chi connectivity index (χ2n) is 7.57. The quantitative estimate of drug-likeness (QED) is 0.480. The first kappa shape index (κ1) is 21.2. The molecule has 1 aliphatic carbocycles. The molecule has 26 heavy (non-hydrogen) atoms. The Morgan fingerprint density at radius 1 is 1.12 bits per heavy atom. The fraction of sp³-hybridized carbons (Fsp3) is 0.762. The Kier molecular flexibility index (Phi) is 8.89. The van der Waals surface area contributed by atoms with Gasteiger partial charge in [0.1, 0.15) is 0 Å². The van der Waals surface area contributed by atoms with E-state index >= 15 is 0 Å². The summed E-state index contributed by atoms with van der Waals surface area (Å²) >= 11 is 0. The van der Waals surface area contributed by atoms with Crippen molar-refractivity contribution in [2.24, 2.45) is 10.9 Å². The summed E-state index contributed by atoms with van der Waals surface area (Å²) in [7, 11) is 0. The molecule has 0 aromatic rings. The predicted molar refractivity (Wildman–Crippen MR) is 102 cm³/mol. The van der Waals surface area contributed by atoms with Gasteiger partial charge in [-0.15, -0.1) is 0 Å². The van der Waals surface area contributed by atoms with Gasteiger partial charge in [-0.25, -0.2) is 0 Å².